The Labute approximate surface area is 120 Å². The molecule has 0 atom stereocenters. The number of nitrogens with zero attached hydrogens (tertiary/aromatic N) is 3. The molecule has 21 heavy (non-hydrogen) atoms. The lowest BCUT2D eigenvalue weighted by Crippen LogP contribution is -2.28. The molecule has 0 radical (unpaired) electrons. The summed E-state index contributed by atoms with van der Waals surface area (Å²) in [7, 11) is 0. The highest BCUT2D eigenvalue weighted by Crippen LogP contribution is 2.03. The highest BCUT2D eigenvalue weighted by molar-refractivity contribution is 5.87. The lowest BCUT2D eigenvalue weighted by atomic mass is 10.2. The van der Waals surface area contributed by atoms with Gasteiger partial charge < -0.3 is 10.6 Å². The number of carbonyl (C=O) groups is 2. The maximum atomic E-state index is 13.0. The number of hydrogen-bond acceptors (Lipinski definition) is 4. The van der Waals surface area contributed by atoms with Crippen LogP contribution in [-0.2, 0) is 22.7 Å². The SMILES string of the molecule is CC(=O)Nc1cnn(CC(=O)NCc2cccc(F)c2)n1. The molecule has 0 saturated carbocycles. The Morgan fingerprint density at radius 2 is 2.19 bits per heavy atom. The lowest BCUT2D eigenvalue weighted by molar-refractivity contribution is -0.122. The van der Waals surface area contributed by atoms with Crippen molar-refractivity contribution in [1.82, 2.24) is 20.3 Å². The maximum Gasteiger partial charge on any atom is 0.243 e. The number of aromatic nitrogens is 3. The zero-order valence-electron chi connectivity index (χ0n) is 11.3. The fourth-order valence-electron chi connectivity index (χ4n) is 1.64. The first kappa shape index (κ1) is 14.6. The third kappa shape index (κ3) is 4.68. The number of halogens is 1. The van der Waals surface area contributed by atoms with Crippen molar-refractivity contribution in [2.75, 3.05) is 5.32 Å². The number of amides is 2. The first-order valence-electron chi connectivity index (χ1n) is 6.22. The number of rotatable bonds is 5. The second-order valence-electron chi connectivity index (χ2n) is 4.35. The first-order valence-corrected chi connectivity index (χ1v) is 6.22. The summed E-state index contributed by atoms with van der Waals surface area (Å²) in [6.07, 6.45) is 1.35. The fourth-order valence-corrected chi connectivity index (χ4v) is 1.64. The van der Waals surface area contributed by atoms with E-state index in [2.05, 4.69) is 20.8 Å². The van der Waals surface area contributed by atoms with Gasteiger partial charge in [0, 0.05) is 13.5 Å². The minimum absolute atomic E-state index is 0.0884. The summed E-state index contributed by atoms with van der Waals surface area (Å²) in [5, 5.41) is 12.8. The van der Waals surface area contributed by atoms with Crippen molar-refractivity contribution in [2.45, 2.75) is 20.0 Å². The van der Waals surface area contributed by atoms with Crippen molar-refractivity contribution < 1.29 is 14.0 Å². The standard InChI is InChI=1S/C13H14FN5O2/c1-9(20)17-12-7-16-19(18-12)8-13(21)15-6-10-3-2-4-11(14)5-10/h2-5,7H,6,8H2,1H3,(H,15,21)(H,17,18,20). The topological polar surface area (TPSA) is 88.9 Å². The van der Waals surface area contributed by atoms with Crippen LogP contribution in [0.4, 0.5) is 10.2 Å². The van der Waals surface area contributed by atoms with Crippen molar-refractivity contribution in [3.05, 3.63) is 41.8 Å². The summed E-state index contributed by atoms with van der Waals surface area (Å²) in [5.41, 5.74) is 0.663. The third-order valence-electron chi connectivity index (χ3n) is 2.50. The molecule has 7 nitrogen and oxygen atoms in total. The maximum absolute atomic E-state index is 13.0. The highest BCUT2D eigenvalue weighted by Gasteiger charge is 2.07. The molecule has 0 unspecified atom stereocenters. The molecule has 0 aliphatic rings. The number of carbonyl (C=O) groups excluding carboxylic acids is 2. The summed E-state index contributed by atoms with van der Waals surface area (Å²) in [4.78, 5) is 23.7. The normalized spacial score (nSPS) is 10.2. The van der Waals surface area contributed by atoms with E-state index in [0.29, 0.717) is 5.56 Å². The molecule has 1 aromatic heterocycles. The minimum atomic E-state index is -0.351. The second-order valence-corrected chi connectivity index (χ2v) is 4.35. The molecule has 1 aromatic carbocycles. The van der Waals surface area contributed by atoms with Gasteiger partial charge in [0.15, 0.2) is 5.82 Å². The van der Waals surface area contributed by atoms with Crippen molar-refractivity contribution >= 4 is 17.6 Å². The molecule has 0 spiro atoms. The van der Waals surface area contributed by atoms with Gasteiger partial charge in [-0.2, -0.15) is 9.90 Å². The Morgan fingerprint density at radius 3 is 2.90 bits per heavy atom. The molecule has 2 aromatic rings. The Morgan fingerprint density at radius 1 is 1.38 bits per heavy atom. The first-order chi connectivity index (χ1) is 10.0. The quantitative estimate of drug-likeness (QED) is 0.848. The average molecular weight is 291 g/mol. The van der Waals surface area contributed by atoms with Crippen LogP contribution >= 0.6 is 0 Å². The van der Waals surface area contributed by atoms with Crippen LogP contribution in [0.5, 0.6) is 0 Å². The molecule has 8 heteroatoms. The van der Waals surface area contributed by atoms with Gasteiger partial charge in [0.2, 0.25) is 11.8 Å². The summed E-state index contributed by atoms with van der Waals surface area (Å²) in [6.45, 7) is 1.48. The van der Waals surface area contributed by atoms with Gasteiger partial charge in [0.05, 0.1) is 6.20 Å². The van der Waals surface area contributed by atoms with Crippen LogP contribution in [0.1, 0.15) is 12.5 Å². The molecule has 0 bridgehead atoms. The zero-order chi connectivity index (χ0) is 15.2. The van der Waals surface area contributed by atoms with Gasteiger partial charge in [-0.25, -0.2) is 4.39 Å². The summed E-state index contributed by atoms with van der Waals surface area (Å²) >= 11 is 0. The predicted octanol–water partition coefficient (Wildman–Crippen LogP) is 0.692. The van der Waals surface area contributed by atoms with Crippen molar-refractivity contribution in [3.8, 4) is 0 Å². The van der Waals surface area contributed by atoms with Crippen LogP contribution in [-0.4, -0.2) is 26.8 Å². The van der Waals surface area contributed by atoms with Crippen LogP contribution in [0.3, 0.4) is 0 Å². The minimum Gasteiger partial charge on any atom is -0.350 e. The van der Waals surface area contributed by atoms with Gasteiger partial charge in [-0.15, -0.1) is 5.10 Å². The Kier molecular flexibility index (Phi) is 4.60. The summed E-state index contributed by atoms with van der Waals surface area (Å²) in [6, 6.07) is 5.97. The van der Waals surface area contributed by atoms with E-state index in [1.807, 2.05) is 0 Å². The molecule has 110 valence electrons. The molecular formula is C13H14FN5O2. The van der Waals surface area contributed by atoms with Crippen molar-refractivity contribution in [2.24, 2.45) is 0 Å². The predicted molar refractivity (Wildman–Crippen MR) is 72.6 cm³/mol. The van der Waals surface area contributed by atoms with E-state index in [9.17, 15) is 14.0 Å². The van der Waals surface area contributed by atoms with Crippen molar-refractivity contribution in [3.63, 3.8) is 0 Å². The van der Waals surface area contributed by atoms with Gasteiger partial charge in [-0.1, -0.05) is 12.1 Å². The van der Waals surface area contributed by atoms with Crippen LogP contribution in [0.15, 0.2) is 30.5 Å². The Balaban J connectivity index is 1.84. The van der Waals surface area contributed by atoms with Crippen LogP contribution < -0.4 is 10.6 Å². The molecule has 0 aliphatic carbocycles. The largest absolute Gasteiger partial charge is 0.350 e. The lowest BCUT2D eigenvalue weighted by Gasteiger charge is -2.05. The number of anilines is 1. The van der Waals surface area contributed by atoms with Gasteiger partial charge in [-0.05, 0) is 17.7 Å². The second kappa shape index (κ2) is 6.60. The van der Waals surface area contributed by atoms with E-state index >= 15 is 0 Å². The van der Waals surface area contributed by atoms with E-state index in [1.165, 1.54) is 25.3 Å². The van der Waals surface area contributed by atoms with Crippen LogP contribution in [0.2, 0.25) is 0 Å². The number of benzene rings is 1. The zero-order valence-corrected chi connectivity index (χ0v) is 11.3. The van der Waals surface area contributed by atoms with E-state index in [0.717, 1.165) is 4.80 Å². The van der Waals surface area contributed by atoms with Gasteiger partial charge >= 0.3 is 0 Å². The van der Waals surface area contributed by atoms with Gasteiger partial charge in [0.25, 0.3) is 0 Å². The molecule has 2 amide bonds. The van der Waals surface area contributed by atoms with Crippen LogP contribution in [0, 0.1) is 5.82 Å². The molecule has 0 aliphatic heterocycles. The third-order valence-corrected chi connectivity index (χ3v) is 2.50. The Hall–Kier alpha value is -2.77. The molecule has 0 fully saturated rings. The van der Waals surface area contributed by atoms with E-state index in [1.54, 1.807) is 12.1 Å². The summed E-state index contributed by atoms with van der Waals surface area (Å²) < 4.78 is 13.0. The smallest absolute Gasteiger partial charge is 0.243 e. The van der Waals surface area contributed by atoms with Gasteiger partial charge in [0.1, 0.15) is 12.4 Å². The molecule has 2 N–H and O–H groups in total. The highest BCUT2D eigenvalue weighted by atomic mass is 19.1. The molecular weight excluding hydrogens is 277 g/mol. The van der Waals surface area contributed by atoms with E-state index < -0.39 is 0 Å². The number of nitrogens with one attached hydrogen (secondary N) is 2. The van der Waals surface area contributed by atoms with Gasteiger partial charge in [-0.3, -0.25) is 9.59 Å². The van der Waals surface area contributed by atoms with E-state index in [-0.39, 0.29) is 36.5 Å². The van der Waals surface area contributed by atoms with Crippen molar-refractivity contribution in [1.29, 1.82) is 0 Å². The Bertz CT molecular complexity index is 656. The summed E-state index contributed by atoms with van der Waals surface area (Å²) in [5.74, 6) is -0.655. The fraction of sp³-hybridized carbons (Fsp3) is 0.231. The van der Waals surface area contributed by atoms with Crippen LogP contribution in [0.25, 0.3) is 0 Å². The number of hydrogen-bond donors (Lipinski definition) is 2. The monoisotopic (exact) mass is 291 g/mol. The molecule has 0 saturated heterocycles. The van der Waals surface area contributed by atoms with E-state index in [4.69, 9.17) is 0 Å². The molecule has 1 heterocycles. The molecule has 2 rings (SSSR count). The average Bonchev–Trinajstić information content (AvgIpc) is 2.83.